The first-order valence-corrected chi connectivity index (χ1v) is 5.63. The molecule has 18 heavy (non-hydrogen) atoms. The largest absolute Gasteiger partial charge is 0.288 e. The second-order valence-corrected chi connectivity index (χ2v) is 4.27. The third kappa shape index (κ3) is 2.27. The van der Waals surface area contributed by atoms with Crippen molar-refractivity contribution in [1.82, 2.24) is 0 Å². The van der Waals surface area contributed by atoms with Crippen molar-refractivity contribution in [3.05, 3.63) is 69.7 Å². The maximum absolute atomic E-state index is 13.5. The molecule has 0 saturated heterocycles. The molecule has 0 aliphatic heterocycles. The van der Waals surface area contributed by atoms with Crippen LogP contribution in [0.25, 0.3) is 0 Å². The number of rotatable bonds is 2. The van der Waals surface area contributed by atoms with Gasteiger partial charge in [0.05, 0.1) is 5.56 Å². The first-order valence-electron chi connectivity index (χ1n) is 5.25. The monoisotopic (exact) mass is 266 g/mol. The second-order valence-electron chi connectivity index (χ2n) is 3.87. The minimum atomic E-state index is -0.749. The summed E-state index contributed by atoms with van der Waals surface area (Å²) < 4.78 is 26.6. The fourth-order valence-electron chi connectivity index (χ4n) is 1.67. The van der Waals surface area contributed by atoms with Gasteiger partial charge >= 0.3 is 0 Å². The van der Waals surface area contributed by atoms with Crippen molar-refractivity contribution in [2.45, 2.75) is 6.92 Å². The van der Waals surface area contributed by atoms with Crippen molar-refractivity contribution >= 4 is 17.4 Å². The van der Waals surface area contributed by atoms with E-state index >= 15 is 0 Å². The molecule has 0 radical (unpaired) electrons. The van der Waals surface area contributed by atoms with Crippen LogP contribution in [-0.2, 0) is 0 Å². The lowest BCUT2D eigenvalue weighted by Crippen LogP contribution is -2.07. The number of hydrogen-bond acceptors (Lipinski definition) is 1. The lowest BCUT2D eigenvalue weighted by Gasteiger charge is -2.07. The topological polar surface area (TPSA) is 17.1 Å². The Morgan fingerprint density at radius 1 is 1.11 bits per heavy atom. The van der Waals surface area contributed by atoms with Crippen LogP contribution in [0.3, 0.4) is 0 Å². The predicted molar refractivity (Wildman–Crippen MR) is 66.0 cm³/mol. The molecule has 2 aromatic carbocycles. The van der Waals surface area contributed by atoms with E-state index in [0.29, 0.717) is 10.6 Å². The Kier molecular flexibility index (Phi) is 3.43. The highest BCUT2D eigenvalue weighted by atomic mass is 35.5. The van der Waals surface area contributed by atoms with Gasteiger partial charge in [-0.05, 0) is 36.8 Å². The van der Waals surface area contributed by atoms with E-state index in [-0.39, 0.29) is 11.1 Å². The van der Waals surface area contributed by atoms with Gasteiger partial charge < -0.3 is 0 Å². The van der Waals surface area contributed by atoms with Gasteiger partial charge in [-0.25, -0.2) is 8.78 Å². The molecule has 0 bridgehead atoms. The molecule has 2 rings (SSSR count). The zero-order chi connectivity index (χ0) is 13.3. The summed E-state index contributed by atoms with van der Waals surface area (Å²) in [6.45, 7) is 1.66. The van der Waals surface area contributed by atoms with Gasteiger partial charge in [0.25, 0.3) is 0 Å². The van der Waals surface area contributed by atoms with E-state index in [9.17, 15) is 13.6 Å². The lowest BCUT2D eigenvalue weighted by molar-refractivity contribution is 0.103. The van der Waals surface area contributed by atoms with E-state index in [1.54, 1.807) is 19.1 Å². The minimum Gasteiger partial charge on any atom is -0.288 e. The number of benzene rings is 2. The number of carbonyl (C=O) groups excluding carboxylic acids is 1. The zero-order valence-corrected chi connectivity index (χ0v) is 10.3. The first-order chi connectivity index (χ1) is 8.50. The molecule has 0 aliphatic rings. The van der Waals surface area contributed by atoms with Crippen LogP contribution < -0.4 is 0 Å². The molecule has 0 aliphatic carbocycles. The normalized spacial score (nSPS) is 10.4. The molecular formula is C14H9ClF2O. The first kappa shape index (κ1) is 12.7. The van der Waals surface area contributed by atoms with Crippen molar-refractivity contribution in [2.75, 3.05) is 0 Å². The molecular weight excluding hydrogens is 258 g/mol. The van der Waals surface area contributed by atoms with Crippen molar-refractivity contribution in [3.8, 4) is 0 Å². The van der Waals surface area contributed by atoms with Crippen LogP contribution in [0.5, 0.6) is 0 Å². The van der Waals surface area contributed by atoms with Gasteiger partial charge in [-0.3, -0.25) is 4.79 Å². The lowest BCUT2D eigenvalue weighted by atomic mass is 9.99. The van der Waals surface area contributed by atoms with Crippen LogP contribution in [0.15, 0.2) is 36.4 Å². The second kappa shape index (κ2) is 4.86. The molecule has 0 heterocycles. The Labute approximate surface area is 108 Å². The average Bonchev–Trinajstić information content (AvgIpc) is 2.35. The zero-order valence-electron chi connectivity index (χ0n) is 9.51. The van der Waals surface area contributed by atoms with Crippen molar-refractivity contribution in [1.29, 1.82) is 0 Å². The predicted octanol–water partition coefficient (Wildman–Crippen LogP) is 4.16. The molecule has 0 saturated carbocycles. The van der Waals surface area contributed by atoms with Gasteiger partial charge in [0.1, 0.15) is 11.6 Å². The standard InChI is InChI=1S/C14H9ClF2O/c1-8-10(3-2-4-12(8)15)14(18)11-7-9(16)5-6-13(11)17/h2-7H,1H3. The summed E-state index contributed by atoms with van der Waals surface area (Å²) in [4.78, 5) is 12.1. The quantitative estimate of drug-likeness (QED) is 0.746. The summed E-state index contributed by atoms with van der Waals surface area (Å²) in [5.74, 6) is -1.98. The van der Waals surface area contributed by atoms with Crippen LogP contribution in [0.2, 0.25) is 5.02 Å². The maximum Gasteiger partial charge on any atom is 0.196 e. The number of carbonyl (C=O) groups is 1. The molecule has 92 valence electrons. The Hall–Kier alpha value is -1.74. The highest BCUT2D eigenvalue weighted by molar-refractivity contribution is 6.32. The van der Waals surface area contributed by atoms with E-state index in [2.05, 4.69) is 0 Å². The van der Waals surface area contributed by atoms with Crippen LogP contribution in [0.4, 0.5) is 8.78 Å². The summed E-state index contributed by atoms with van der Waals surface area (Å²) in [7, 11) is 0. The van der Waals surface area contributed by atoms with E-state index in [1.165, 1.54) is 6.07 Å². The van der Waals surface area contributed by atoms with E-state index in [4.69, 9.17) is 11.6 Å². The summed E-state index contributed by atoms with van der Waals surface area (Å²) in [6.07, 6.45) is 0. The molecule has 4 heteroatoms. The van der Waals surface area contributed by atoms with Gasteiger partial charge in [0, 0.05) is 10.6 Å². The fourth-order valence-corrected chi connectivity index (χ4v) is 1.84. The minimum absolute atomic E-state index is 0.270. The maximum atomic E-state index is 13.5. The third-order valence-corrected chi connectivity index (χ3v) is 3.09. The highest BCUT2D eigenvalue weighted by Gasteiger charge is 2.17. The Bertz CT molecular complexity index is 619. The van der Waals surface area contributed by atoms with Gasteiger partial charge in [0.15, 0.2) is 5.78 Å². The van der Waals surface area contributed by atoms with E-state index < -0.39 is 17.4 Å². The summed E-state index contributed by atoms with van der Waals surface area (Å²) in [6, 6.07) is 7.56. The molecule has 0 amide bonds. The number of ketones is 1. The summed E-state index contributed by atoms with van der Waals surface area (Å²) in [5, 5.41) is 0.415. The molecule has 0 unspecified atom stereocenters. The van der Waals surface area contributed by atoms with Crippen molar-refractivity contribution in [3.63, 3.8) is 0 Å². The molecule has 0 fully saturated rings. The number of hydrogen-bond donors (Lipinski definition) is 0. The molecule has 0 spiro atoms. The van der Waals surface area contributed by atoms with Gasteiger partial charge in [-0.1, -0.05) is 23.7 Å². The van der Waals surface area contributed by atoms with Crippen LogP contribution in [-0.4, -0.2) is 5.78 Å². The van der Waals surface area contributed by atoms with Crippen LogP contribution in [0.1, 0.15) is 21.5 Å². The van der Waals surface area contributed by atoms with Crippen molar-refractivity contribution in [2.24, 2.45) is 0 Å². The summed E-state index contributed by atoms with van der Waals surface area (Å²) >= 11 is 5.90. The van der Waals surface area contributed by atoms with Gasteiger partial charge in [-0.15, -0.1) is 0 Å². The SMILES string of the molecule is Cc1c(Cl)cccc1C(=O)c1cc(F)ccc1F. The molecule has 0 atom stereocenters. The third-order valence-electron chi connectivity index (χ3n) is 2.69. The molecule has 0 N–H and O–H groups in total. The number of halogens is 3. The molecule has 2 aromatic rings. The van der Waals surface area contributed by atoms with E-state index in [1.807, 2.05) is 0 Å². The Morgan fingerprint density at radius 2 is 1.83 bits per heavy atom. The Balaban J connectivity index is 2.55. The van der Waals surface area contributed by atoms with Crippen LogP contribution >= 0.6 is 11.6 Å². The fraction of sp³-hybridized carbons (Fsp3) is 0.0714. The summed E-state index contributed by atoms with van der Waals surface area (Å²) in [5.41, 5.74) is 0.528. The average molecular weight is 267 g/mol. The van der Waals surface area contributed by atoms with E-state index in [0.717, 1.165) is 18.2 Å². The van der Waals surface area contributed by atoms with Crippen molar-refractivity contribution < 1.29 is 13.6 Å². The van der Waals surface area contributed by atoms with Gasteiger partial charge in [-0.2, -0.15) is 0 Å². The molecule has 0 aromatic heterocycles. The molecule has 1 nitrogen and oxygen atoms in total. The smallest absolute Gasteiger partial charge is 0.196 e. The Morgan fingerprint density at radius 3 is 2.56 bits per heavy atom. The van der Waals surface area contributed by atoms with Gasteiger partial charge in [0.2, 0.25) is 0 Å². The highest BCUT2D eigenvalue weighted by Crippen LogP contribution is 2.22. The van der Waals surface area contributed by atoms with Crippen LogP contribution in [0, 0.1) is 18.6 Å².